The maximum atomic E-state index is 12.4. The van der Waals surface area contributed by atoms with Crippen LogP contribution in [0.4, 0.5) is 5.69 Å². The number of aliphatic hydroxyl groups is 1. The van der Waals surface area contributed by atoms with E-state index in [9.17, 15) is 9.90 Å². The second-order valence-electron chi connectivity index (χ2n) is 6.65. The largest absolute Gasteiger partial charge is 0.388 e. The van der Waals surface area contributed by atoms with Crippen LogP contribution in [0.5, 0.6) is 0 Å². The Hall–Kier alpha value is -1.35. The first-order valence-corrected chi connectivity index (χ1v) is 6.87. The van der Waals surface area contributed by atoms with Crippen LogP contribution < -0.4 is 4.90 Å². The van der Waals surface area contributed by atoms with Crippen LogP contribution in [0.25, 0.3) is 0 Å². The molecule has 0 radical (unpaired) electrons. The molecule has 1 aliphatic heterocycles. The Labute approximate surface area is 115 Å². The minimum atomic E-state index is -0.450. The van der Waals surface area contributed by atoms with E-state index in [0.29, 0.717) is 19.4 Å². The summed E-state index contributed by atoms with van der Waals surface area (Å²) in [5.74, 6) is 0.143. The van der Waals surface area contributed by atoms with Gasteiger partial charge in [-0.1, -0.05) is 38.5 Å². The molecule has 0 saturated heterocycles. The third-order valence-corrected chi connectivity index (χ3v) is 3.44. The summed E-state index contributed by atoms with van der Waals surface area (Å²) in [4.78, 5) is 14.2. The fourth-order valence-electron chi connectivity index (χ4n) is 2.52. The predicted molar refractivity (Wildman–Crippen MR) is 77.2 cm³/mol. The van der Waals surface area contributed by atoms with Crippen molar-refractivity contribution >= 4 is 11.6 Å². The summed E-state index contributed by atoms with van der Waals surface area (Å²) in [6, 6.07) is 5.93. The van der Waals surface area contributed by atoms with Gasteiger partial charge in [0.1, 0.15) is 0 Å². The first-order chi connectivity index (χ1) is 8.78. The van der Waals surface area contributed by atoms with Crippen molar-refractivity contribution in [2.24, 2.45) is 5.41 Å². The van der Waals surface area contributed by atoms with Crippen LogP contribution in [0.1, 0.15) is 50.8 Å². The maximum absolute atomic E-state index is 12.4. The molecule has 2 rings (SSSR count). The number of hydrogen-bond acceptors (Lipinski definition) is 2. The lowest BCUT2D eigenvalue weighted by Gasteiger charge is -2.34. The smallest absolute Gasteiger partial charge is 0.227 e. The number of carbonyl (C=O) groups excluding carboxylic acids is 1. The molecule has 0 bridgehead atoms. The predicted octanol–water partition coefficient (Wildman–Crippen LogP) is 3.20. The number of anilines is 1. The standard InChI is InChI=1S/C16H23NO2/c1-11-5-6-13-12(9-11)14(18)7-8-17(13)15(19)10-16(2,3)4/h5-6,9,14,18H,7-8,10H2,1-4H3. The lowest BCUT2D eigenvalue weighted by molar-refractivity contribution is -0.120. The van der Waals surface area contributed by atoms with Gasteiger partial charge in [0.15, 0.2) is 0 Å². The monoisotopic (exact) mass is 261 g/mol. The molecule has 1 aromatic carbocycles. The van der Waals surface area contributed by atoms with Crippen LogP contribution in [-0.4, -0.2) is 17.6 Å². The summed E-state index contributed by atoms with van der Waals surface area (Å²) < 4.78 is 0. The summed E-state index contributed by atoms with van der Waals surface area (Å²) in [5.41, 5.74) is 2.85. The van der Waals surface area contributed by atoms with Crippen LogP contribution in [0.15, 0.2) is 18.2 Å². The Balaban J connectivity index is 2.31. The Morgan fingerprint density at radius 3 is 2.74 bits per heavy atom. The zero-order valence-electron chi connectivity index (χ0n) is 12.2. The second kappa shape index (κ2) is 4.97. The van der Waals surface area contributed by atoms with Crippen molar-refractivity contribution < 1.29 is 9.90 Å². The molecule has 1 amide bonds. The highest BCUT2D eigenvalue weighted by molar-refractivity contribution is 5.95. The van der Waals surface area contributed by atoms with Crippen LogP contribution in [0, 0.1) is 12.3 Å². The average molecular weight is 261 g/mol. The number of amides is 1. The summed E-state index contributed by atoms with van der Waals surface area (Å²) >= 11 is 0. The Morgan fingerprint density at radius 2 is 2.11 bits per heavy atom. The number of nitrogens with zero attached hydrogens (tertiary/aromatic N) is 1. The minimum absolute atomic E-state index is 0.0159. The minimum Gasteiger partial charge on any atom is -0.388 e. The van der Waals surface area contributed by atoms with E-state index in [1.54, 1.807) is 0 Å². The lowest BCUT2D eigenvalue weighted by Crippen LogP contribution is -2.38. The highest BCUT2D eigenvalue weighted by atomic mass is 16.3. The zero-order chi connectivity index (χ0) is 14.2. The van der Waals surface area contributed by atoms with E-state index in [2.05, 4.69) is 20.8 Å². The van der Waals surface area contributed by atoms with Gasteiger partial charge in [0, 0.05) is 24.2 Å². The van der Waals surface area contributed by atoms with Gasteiger partial charge >= 0.3 is 0 Å². The van der Waals surface area contributed by atoms with Crippen molar-refractivity contribution in [2.45, 2.75) is 46.6 Å². The van der Waals surface area contributed by atoms with Gasteiger partial charge in [0.05, 0.1) is 6.10 Å². The van der Waals surface area contributed by atoms with Gasteiger partial charge in [-0.25, -0.2) is 0 Å². The van der Waals surface area contributed by atoms with Gasteiger partial charge in [0.25, 0.3) is 0 Å². The second-order valence-corrected chi connectivity index (χ2v) is 6.65. The van der Waals surface area contributed by atoms with Crippen LogP contribution in [0.2, 0.25) is 0 Å². The number of fused-ring (bicyclic) bond motifs is 1. The molecule has 1 heterocycles. The van der Waals surface area contributed by atoms with Gasteiger partial charge in [-0.3, -0.25) is 4.79 Å². The Bertz CT molecular complexity index is 488. The van der Waals surface area contributed by atoms with E-state index >= 15 is 0 Å². The highest BCUT2D eigenvalue weighted by Gasteiger charge is 2.29. The number of hydrogen-bond donors (Lipinski definition) is 1. The van der Waals surface area contributed by atoms with E-state index in [0.717, 1.165) is 16.8 Å². The topological polar surface area (TPSA) is 40.5 Å². The third-order valence-electron chi connectivity index (χ3n) is 3.44. The van der Waals surface area contributed by atoms with E-state index in [4.69, 9.17) is 0 Å². The molecule has 0 fully saturated rings. The molecule has 104 valence electrons. The molecule has 0 aliphatic carbocycles. The normalized spacial score (nSPS) is 19.2. The number of carbonyl (C=O) groups is 1. The van der Waals surface area contributed by atoms with Crippen molar-refractivity contribution in [1.29, 1.82) is 0 Å². The fourth-order valence-corrected chi connectivity index (χ4v) is 2.52. The molecule has 3 heteroatoms. The molecule has 0 spiro atoms. The van der Waals surface area contributed by atoms with Gasteiger partial charge in [0.2, 0.25) is 5.91 Å². The molecule has 1 atom stereocenters. The maximum Gasteiger partial charge on any atom is 0.227 e. The van der Waals surface area contributed by atoms with Gasteiger partial charge < -0.3 is 10.0 Å². The van der Waals surface area contributed by atoms with Crippen molar-refractivity contribution in [1.82, 2.24) is 0 Å². The van der Waals surface area contributed by atoms with E-state index in [1.807, 2.05) is 30.0 Å². The molecule has 1 aliphatic rings. The molecule has 0 aromatic heterocycles. The molecule has 3 nitrogen and oxygen atoms in total. The van der Waals surface area contributed by atoms with Crippen LogP contribution in [-0.2, 0) is 4.79 Å². The first-order valence-electron chi connectivity index (χ1n) is 6.87. The van der Waals surface area contributed by atoms with E-state index < -0.39 is 6.10 Å². The number of benzene rings is 1. The van der Waals surface area contributed by atoms with Crippen molar-refractivity contribution in [2.75, 3.05) is 11.4 Å². The first kappa shape index (κ1) is 14.1. The Morgan fingerprint density at radius 1 is 1.42 bits per heavy atom. The highest BCUT2D eigenvalue weighted by Crippen LogP contribution is 2.35. The molecule has 19 heavy (non-hydrogen) atoms. The quantitative estimate of drug-likeness (QED) is 0.843. The molecule has 1 aromatic rings. The SMILES string of the molecule is Cc1ccc2c(c1)C(O)CCN2C(=O)CC(C)(C)C. The van der Waals surface area contributed by atoms with Crippen molar-refractivity contribution in [3.63, 3.8) is 0 Å². The number of aryl methyl sites for hydroxylation is 1. The van der Waals surface area contributed by atoms with Crippen LogP contribution in [0.3, 0.4) is 0 Å². The van der Waals surface area contributed by atoms with E-state index in [1.165, 1.54) is 0 Å². The number of aliphatic hydroxyl groups excluding tert-OH is 1. The number of rotatable bonds is 1. The van der Waals surface area contributed by atoms with E-state index in [-0.39, 0.29) is 11.3 Å². The lowest BCUT2D eigenvalue weighted by atomic mass is 9.90. The van der Waals surface area contributed by atoms with Crippen molar-refractivity contribution in [3.05, 3.63) is 29.3 Å². The molecule has 0 saturated carbocycles. The summed E-state index contributed by atoms with van der Waals surface area (Å²) in [5, 5.41) is 10.1. The van der Waals surface area contributed by atoms with Gasteiger partial charge in [-0.05, 0) is 24.8 Å². The van der Waals surface area contributed by atoms with Gasteiger partial charge in [-0.2, -0.15) is 0 Å². The van der Waals surface area contributed by atoms with Gasteiger partial charge in [-0.15, -0.1) is 0 Å². The Kier molecular flexibility index (Phi) is 3.68. The molecular weight excluding hydrogens is 238 g/mol. The molecular formula is C16H23NO2. The average Bonchev–Trinajstić information content (AvgIpc) is 2.27. The fraction of sp³-hybridized carbons (Fsp3) is 0.562. The summed E-state index contributed by atoms with van der Waals surface area (Å²) in [6.07, 6.45) is 0.691. The summed E-state index contributed by atoms with van der Waals surface area (Å²) in [7, 11) is 0. The van der Waals surface area contributed by atoms with Crippen molar-refractivity contribution in [3.8, 4) is 0 Å². The zero-order valence-corrected chi connectivity index (χ0v) is 12.2. The third kappa shape index (κ3) is 3.16. The van der Waals surface area contributed by atoms with Crippen LogP contribution >= 0.6 is 0 Å². The molecule has 1 N–H and O–H groups in total. The summed E-state index contributed by atoms with van der Waals surface area (Å²) in [6.45, 7) is 8.81. The molecule has 1 unspecified atom stereocenters.